The molecule has 1 aromatic heterocycles. The van der Waals surface area contributed by atoms with Gasteiger partial charge < -0.3 is 19.7 Å². The van der Waals surface area contributed by atoms with Crippen molar-refractivity contribution in [3.8, 4) is 11.5 Å². The van der Waals surface area contributed by atoms with Crippen molar-refractivity contribution in [3.63, 3.8) is 0 Å². The van der Waals surface area contributed by atoms with E-state index < -0.39 is 0 Å². The Bertz CT molecular complexity index is 1150. The minimum atomic E-state index is -0.129. The standard InChI is InChI=1S/C21H21N5O4/c27-20(22-15-5-6-18-19(11-15)30-13-29-18)14-7-9-25(10-8-14)12-26-21(28)16-3-1-2-4-17(16)23-24-26/h1-6,11,14H,7-10,12-13H2,(H,22,27)/p+1. The van der Waals surface area contributed by atoms with E-state index in [4.69, 9.17) is 9.47 Å². The normalized spacial score (nSPS) is 20.3. The van der Waals surface area contributed by atoms with E-state index in [2.05, 4.69) is 15.6 Å². The maximum atomic E-state index is 12.7. The molecule has 0 atom stereocenters. The van der Waals surface area contributed by atoms with Crippen molar-refractivity contribution in [1.82, 2.24) is 15.0 Å². The number of piperidine rings is 1. The highest BCUT2D eigenvalue weighted by atomic mass is 16.7. The number of nitrogens with one attached hydrogen (secondary N) is 2. The highest BCUT2D eigenvalue weighted by Gasteiger charge is 2.28. The zero-order chi connectivity index (χ0) is 20.5. The van der Waals surface area contributed by atoms with E-state index in [0.29, 0.717) is 34.8 Å². The number of quaternary nitrogens is 1. The van der Waals surface area contributed by atoms with Gasteiger partial charge in [-0.1, -0.05) is 17.3 Å². The number of benzene rings is 2. The Morgan fingerprint density at radius 1 is 1.13 bits per heavy atom. The van der Waals surface area contributed by atoms with Crippen LogP contribution in [0.4, 0.5) is 5.69 Å². The summed E-state index contributed by atoms with van der Waals surface area (Å²) in [7, 11) is 0. The molecule has 3 heterocycles. The second kappa shape index (κ2) is 7.75. The van der Waals surface area contributed by atoms with E-state index in [1.165, 1.54) is 9.58 Å². The maximum absolute atomic E-state index is 12.7. The van der Waals surface area contributed by atoms with Crippen LogP contribution in [-0.2, 0) is 11.5 Å². The zero-order valence-corrected chi connectivity index (χ0v) is 16.3. The smallest absolute Gasteiger partial charge is 0.282 e. The molecule has 2 aliphatic heterocycles. The summed E-state index contributed by atoms with van der Waals surface area (Å²) < 4.78 is 12.1. The van der Waals surface area contributed by atoms with Gasteiger partial charge in [0.05, 0.1) is 18.5 Å². The predicted octanol–water partition coefficient (Wildman–Crippen LogP) is 0.411. The van der Waals surface area contributed by atoms with Crippen molar-refractivity contribution in [1.29, 1.82) is 0 Å². The molecule has 9 nitrogen and oxygen atoms in total. The lowest BCUT2D eigenvalue weighted by Crippen LogP contribution is -3.12. The summed E-state index contributed by atoms with van der Waals surface area (Å²) in [6.45, 7) is 2.24. The second-order valence-corrected chi connectivity index (χ2v) is 7.65. The molecule has 5 rings (SSSR count). The molecule has 2 aliphatic rings. The summed E-state index contributed by atoms with van der Waals surface area (Å²) in [6.07, 6.45) is 1.50. The van der Waals surface area contributed by atoms with Crippen molar-refractivity contribution in [2.24, 2.45) is 5.92 Å². The molecule has 2 N–H and O–H groups in total. The summed E-state index contributed by atoms with van der Waals surface area (Å²) in [4.78, 5) is 26.5. The first kappa shape index (κ1) is 18.6. The summed E-state index contributed by atoms with van der Waals surface area (Å²) in [6, 6.07) is 12.6. The highest BCUT2D eigenvalue weighted by Crippen LogP contribution is 2.34. The molecule has 9 heteroatoms. The molecule has 154 valence electrons. The lowest BCUT2D eigenvalue weighted by molar-refractivity contribution is -0.929. The van der Waals surface area contributed by atoms with Crippen LogP contribution in [0, 0.1) is 5.92 Å². The Balaban J connectivity index is 1.19. The lowest BCUT2D eigenvalue weighted by atomic mass is 9.96. The minimum absolute atomic E-state index is 0.00980. The number of rotatable bonds is 4. The summed E-state index contributed by atoms with van der Waals surface area (Å²) in [5.41, 5.74) is 1.18. The highest BCUT2D eigenvalue weighted by molar-refractivity contribution is 5.93. The molecular weight excluding hydrogens is 386 g/mol. The van der Waals surface area contributed by atoms with Crippen LogP contribution in [0.3, 0.4) is 0 Å². The molecule has 0 aliphatic carbocycles. The Labute approximate surface area is 172 Å². The average Bonchev–Trinajstić information content (AvgIpc) is 3.24. The van der Waals surface area contributed by atoms with E-state index in [1.807, 2.05) is 18.2 Å². The number of hydrogen-bond donors (Lipinski definition) is 2. The fraction of sp³-hybridized carbons (Fsp3) is 0.333. The number of amides is 1. The van der Waals surface area contributed by atoms with E-state index >= 15 is 0 Å². The molecule has 1 amide bonds. The molecular formula is C21H22N5O4+. The third kappa shape index (κ3) is 3.59. The van der Waals surface area contributed by atoms with Crippen molar-refractivity contribution in [2.45, 2.75) is 19.5 Å². The van der Waals surface area contributed by atoms with E-state index in [1.54, 1.807) is 24.3 Å². The van der Waals surface area contributed by atoms with Gasteiger partial charge in [0.2, 0.25) is 12.7 Å². The Hall–Kier alpha value is -3.46. The molecule has 0 saturated carbocycles. The molecule has 0 spiro atoms. The van der Waals surface area contributed by atoms with Crippen LogP contribution in [0.1, 0.15) is 12.8 Å². The largest absolute Gasteiger partial charge is 0.454 e. The van der Waals surface area contributed by atoms with E-state index in [0.717, 1.165) is 25.9 Å². The van der Waals surface area contributed by atoms with Gasteiger partial charge in [0, 0.05) is 30.5 Å². The van der Waals surface area contributed by atoms with Gasteiger partial charge in [0.25, 0.3) is 5.56 Å². The SMILES string of the molecule is O=C(Nc1ccc2c(c1)OCO2)C1CC[NH+](Cn2nnc3ccccc3c2=O)CC1. The number of ether oxygens (including phenoxy) is 2. The van der Waals surface area contributed by atoms with Gasteiger partial charge in [-0.05, 0) is 24.3 Å². The van der Waals surface area contributed by atoms with Crippen LogP contribution in [0.5, 0.6) is 11.5 Å². The number of likely N-dealkylation sites (tertiary alicyclic amines) is 1. The number of hydrogen-bond acceptors (Lipinski definition) is 6. The molecule has 30 heavy (non-hydrogen) atoms. The Kier molecular flexibility index (Phi) is 4.80. The molecule has 1 fully saturated rings. The van der Waals surface area contributed by atoms with Crippen molar-refractivity contribution in [3.05, 3.63) is 52.8 Å². The molecule has 0 radical (unpaired) electrons. The first-order chi connectivity index (χ1) is 14.7. The monoisotopic (exact) mass is 408 g/mol. The van der Waals surface area contributed by atoms with Crippen LogP contribution in [0.25, 0.3) is 10.9 Å². The fourth-order valence-corrected chi connectivity index (χ4v) is 4.00. The number of anilines is 1. The quantitative estimate of drug-likeness (QED) is 0.649. The summed E-state index contributed by atoms with van der Waals surface area (Å²) >= 11 is 0. The van der Waals surface area contributed by atoms with Gasteiger partial charge in [0.15, 0.2) is 18.2 Å². The number of aromatic nitrogens is 3. The Morgan fingerprint density at radius 3 is 2.80 bits per heavy atom. The van der Waals surface area contributed by atoms with E-state index in [9.17, 15) is 9.59 Å². The molecule has 0 bridgehead atoms. The van der Waals surface area contributed by atoms with Gasteiger partial charge in [-0.15, -0.1) is 5.10 Å². The van der Waals surface area contributed by atoms with Crippen LogP contribution in [0.15, 0.2) is 47.3 Å². The third-order valence-electron chi connectivity index (χ3n) is 5.71. The predicted molar refractivity (Wildman–Crippen MR) is 108 cm³/mol. The summed E-state index contributed by atoms with van der Waals surface area (Å²) in [5.74, 6) is 1.29. The van der Waals surface area contributed by atoms with Crippen LogP contribution < -0.4 is 25.2 Å². The minimum Gasteiger partial charge on any atom is -0.454 e. The topological polar surface area (TPSA) is 99.8 Å². The van der Waals surface area contributed by atoms with Gasteiger partial charge in [0.1, 0.15) is 5.52 Å². The van der Waals surface area contributed by atoms with Gasteiger partial charge in [-0.25, -0.2) is 0 Å². The first-order valence-corrected chi connectivity index (χ1v) is 10.0. The molecule has 3 aromatic rings. The first-order valence-electron chi connectivity index (χ1n) is 10.0. The number of fused-ring (bicyclic) bond motifs is 2. The van der Waals surface area contributed by atoms with Crippen LogP contribution in [0.2, 0.25) is 0 Å². The van der Waals surface area contributed by atoms with E-state index in [-0.39, 0.29) is 24.2 Å². The van der Waals surface area contributed by atoms with Crippen molar-refractivity contribution in [2.75, 3.05) is 25.2 Å². The van der Waals surface area contributed by atoms with Crippen molar-refractivity contribution < 1.29 is 19.2 Å². The van der Waals surface area contributed by atoms with Crippen molar-refractivity contribution >= 4 is 22.5 Å². The molecule has 2 aromatic carbocycles. The van der Waals surface area contributed by atoms with Gasteiger partial charge >= 0.3 is 0 Å². The maximum Gasteiger partial charge on any atom is 0.282 e. The van der Waals surface area contributed by atoms with Gasteiger partial charge in [-0.3, -0.25) is 9.59 Å². The lowest BCUT2D eigenvalue weighted by Gasteiger charge is -2.28. The number of nitrogens with zero attached hydrogens (tertiary/aromatic N) is 3. The second-order valence-electron chi connectivity index (χ2n) is 7.65. The zero-order valence-electron chi connectivity index (χ0n) is 16.3. The Morgan fingerprint density at radius 2 is 1.93 bits per heavy atom. The number of carbonyl (C=O) groups is 1. The van der Waals surface area contributed by atoms with Crippen LogP contribution in [-0.4, -0.2) is 40.8 Å². The summed E-state index contributed by atoms with van der Waals surface area (Å²) in [5, 5.41) is 11.8. The third-order valence-corrected chi connectivity index (χ3v) is 5.71. The van der Waals surface area contributed by atoms with Crippen LogP contribution >= 0.6 is 0 Å². The fourth-order valence-electron chi connectivity index (χ4n) is 4.00. The number of carbonyl (C=O) groups excluding carboxylic acids is 1. The average molecular weight is 408 g/mol. The molecule has 1 saturated heterocycles. The molecule has 0 unspecified atom stereocenters. The van der Waals surface area contributed by atoms with Gasteiger partial charge in [-0.2, -0.15) is 4.68 Å².